The quantitative estimate of drug-likeness (QED) is 0.484. The van der Waals surface area contributed by atoms with Crippen molar-refractivity contribution in [2.75, 3.05) is 26.9 Å². The lowest BCUT2D eigenvalue weighted by molar-refractivity contribution is 0.123. The third-order valence-corrected chi connectivity index (χ3v) is 1.58. The molecule has 0 rings (SSSR count). The zero-order chi connectivity index (χ0) is 9.40. The molecule has 2 unspecified atom stereocenters. The van der Waals surface area contributed by atoms with E-state index in [1.807, 2.05) is 0 Å². The first-order valence-corrected chi connectivity index (χ1v) is 4.22. The molecule has 0 aromatic rings. The maximum atomic E-state index is 8.93. The summed E-state index contributed by atoms with van der Waals surface area (Å²) in [6.07, 6.45) is 0.402. The highest BCUT2D eigenvalue weighted by atomic mass is 16.5. The van der Waals surface area contributed by atoms with E-state index in [0.29, 0.717) is 19.6 Å². The predicted molar refractivity (Wildman–Crippen MR) is 47.1 cm³/mol. The summed E-state index contributed by atoms with van der Waals surface area (Å²) in [5, 5.41) is 20.8. The van der Waals surface area contributed by atoms with Crippen molar-refractivity contribution in [1.82, 2.24) is 5.32 Å². The van der Waals surface area contributed by atoms with Crippen LogP contribution in [0.25, 0.3) is 0 Å². The van der Waals surface area contributed by atoms with E-state index < -0.39 is 0 Å². The molecule has 0 bridgehead atoms. The van der Waals surface area contributed by atoms with Gasteiger partial charge in [-0.05, 0) is 19.9 Å². The van der Waals surface area contributed by atoms with E-state index in [1.165, 1.54) is 0 Å². The standard InChI is InChI=1S/C8H19NO3/c1-7(11)3-4-9-8(5-10)6-12-2/h7-11H,3-6H2,1-2H3. The fourth-order valence-corrected chi connectivity index (χ4v) is 0.874. The van der Waals surface area contributed by atoms with E-state index in [-0.39, 0.29) is 18.8 Å². The Morgan fingerprint density at radius 3 is 2.58 bits per heavy atom. The van der Waals surface area contributed by atoms with Crippen LogP contribution in [0.5, 0.6) is 0 Å². The van der Waals surface area contributed by atoms with E-state index in [9.17, 15) is 0 Å². The second kappa shape index (κ2) is 7.49. The van der Waals surface area contributed by atoms with Gasteiger partial charge in [-0.25, -0.2) is 0 Å². The molecule has 4 nitrogen and oxygen atoms in total. The fourth-order valence-electron chi connectivity index (χ4n) is 0.874. The van der Waals surface area contributed by atoms with Gasteiger partial charge in [0, 0.05) is 7.11 Å². The highest BCUT2D eigenvalue weighted by Crippen LogP contribution is 1.89. The molecule has 3 N–H and O–H groups in total. The van der Waals surface area contributed by atoms with Crippen molar-refractivity contribution in [2.45, 2.75) is 25.5 Å². The topological polar surface area (TPSA) is 61.7 Å². The minimum absolute atomic E-state index is 0.0197. The van der Waals surface area contributed by atoms with Crippen molar-refractivity contribution in [2.24, 2.45) is 0 Å². The molecule has 0 radical (unpaired) electrons. The molecule has 4 heteroatoms. The highest BCUT2D eigenvalue weighted by Gasteiger charge is 2.05. The molecular formula is C8H19NO3. The van der Waals surface area contributed by atoms with Gasteiger partial charge in [-0.2, -0.15) is 0 Å². The lowest BCUT2D eigenvalue weighted by Crippen LogP contribution is -2.37. The second-order valence-corrected chi connectivity index (χ2v) is 2.93. The lowest BCUT2D eigenvalue weighted by atomic mass is 10.2. The summed E-state index contributed by atoms with van der Waals surface area (Å²) in [7, 11) is 1.60. The van der Waals surface area contributed by atoms with Crippen molar-refractivity contribution in [3.8, 4) is 0 Å². The highest BCUT2D eigenvalue weighted by molar-refractivity contribution is 4.64. The average molecular weight is 177 g/mol. The van der Waals surface area contributed by atoms with Crippen molar-refractivity contribution in [3.05, 3.63) is 0 Å². The van der Waals surface area contributed by atoms with E-state index in [1.54, 1.807) is 14.0 Å². The zero-order valence-electron chi connectivity index (χ0n) is 7.79. The number of nitrogens with one attached hydrogen (secondary N) is 1. The van der Waals surface area contributed by atoms with E-state index in [4.69, 9.17) is 14.9 Å². The molecule has 0 amide bonds. The number of hydrogen-bond acceptors (Lipinski definition) is 4. The van der Waals surface area contributed by atoms with Gasteiger partial charge in [0.15, 0.2) is 0 Å². The first kappa shape index (κ1) is 11.8. The summed E-state index contributed by atoms with van der Waals surface area (Å²) in [6.45, 7) is 3.00. The Morgan fingerprint density at radius 2 is 2.17 bits per heavy atom. The minimum Gasteiger partial charge on any atom is -0.395 e. The summed E-state index contributed by atoms with van der Waals surface area (Å²) < 4.78 is 4.87. The molecule has 2 atom stereocenters. The van der Waals surface area contributed by atoms with Crippen LogP contribution in [0.4, 0.5) is 0 Å². The predicted octanol–water partition coefficient (Wildman–Crippen LogP) is -0.646. The minimum atomic E-state index is -0.292. The summed E-state index contributed by atoms with van der Waals surface area (Å²) in [6, 6.07) is -0.0197. The van der Waals surface area contributed by atoms with Gasteiger partial charge in [0.25, 0.3) is 0 Å². The van der Waals surface area contributed by atoms with E-state index >= 15 is 0 Å². The molecule has 0 heterocycles. The van der Waals surface area contributed by atoms with Crippen LogP contribution in [0.2, 0.25) is 0 Å². The number of ether oxygens (including phenoxy) is 1. The number of aliphatic hydroxyl groups excluding tert-OH is 2. The van der Waals surface area contributed by atoms with Crippen LogP contribution in [-0.4, -0.2) is 49.2 Å². The Kier molecular flexibility index (Phi) is 7.39. The Bertz CT molecular complexity index is 98.3. The first-order valence-electron chi connectivity index (χ1n) is 4.22. The maximum Gasteiger partial charge on any atom is 0.0638 e. The van der Waals surface area contributed by atoms with Gasteiger partial charge in [-0.15, -0.1) is 0 Å². The molecule has 0 aliphatic carbocycles. The average Bonchev–Trinajstić information content (AvgIpc) is 2.02. The van der Waals surface area contributed by atoms with Gasteiger partial charge in [0.1, 0.15) is 0 Å². The van der Waals surface area contributed by atoms with Crippen LogP contribution < -0.4 is 5.32 Å². The van der Waals surface area contributed by atoms with Crippen LogP contribution in [0, 0.1) is 0 Å². The summed E-state index contributed by atoms with van der Waals surface area (Å²) in [5.41, 5.74) is 0. The lowest BCUT2D eigenvalue weighted by Gasteiger charge is -2.15. The summed E-state index contributed by atoms with van der Waals surface area (Å²) >= 11 is 0. The molecule has 74 valence electrons. The SMILES string of the molecule is COCC(CO)NCCC(C)O. The number of aliphatic hydroxyl groups is 2. The Morgan fingerprint density at radius 1 is 1.50 bits per heavy atom. The van der Waals surface area contributed by atoms with Crippen molar-refractivity contribution in [1.29, 1.82) is 0 Å². The normalized spacial score (nSPS) is 16.0. The second-order valence-electron chi connectivity index (χ2n) is 2.93. The maximum absolute atomic E-state index is 8.93. The Labute approximate surface area is 73.5 Å². The van der Waals surface area contributed by atoms with Gasteiger partial charge in [-0.3, -0.25) is 0 Å². The molecular weight excluding hydrogens is 158 g/mol. The van der Waals surface area contributed by atoms with Crippen LogP contribution in [-0.2, 0) is 4.74 Å². The van der Waals surface area contributed by atoms with Gasteiger partial charge in [0.05, 0.1) is 25.4 Å². The van der Waals surface area contributed by atoms with E-state index in [2.05, 4.69) is 5.32 Å². The third-order valence-electron chi connectivity index (χ3n) is 1.58. The molecule has 0 saturated carbocycles. The smallest absolute Gasteiger partial charge is 0.0638 e. The van der Waals surface area contributed by atoms with Crippen LogP contribution in [0.15, 0.2) is 0 Å². The summed E-state index contributed by atoms with van der Waals surface area (Å²) in [5.74, 6) is 0. The van der Waals surface area contributed by atoms with Gasteiger partial charge < -0.3 is 20.3 Å². The molecule has 0 aliphatic heterocycles. The molecule has 0 fully saturated rings. The van der Waals surface area contributed by atoms with Crippen molar-refractivity contribution >= 4 is 0 Å². The zero-order valence-corrected chi connectivity index (χ0v) is 7.79. The monoisotopic (exact) mass is 177 g/mol. The molecule has 0 aliphatic rings. The molecule has 0 saturated heterocycles. The van der Waals surface area contributed by atoms with E-state index in [0.717, 1.165) is 0 Å². The first-order chi connectivity index (χ1) is 5.70. The van der Waals surface area contributed by atoms with Crippen LogP contribution in [0.1, 0.15) is 13.3 Å². The number of methoxy groups -OCH3 is 1. The fraction of sp³-hybridized carbons (Fsp3) is 1.00. The molecule has 0 aromatic carbocycles. The van der Waals surface area contributed by atoms with Gasteiger partial charge in [-0.1, -0.05) is 0 Å². The van der Waals surface area contributed by atoms with Crippen LogP contribution >= 0.6 is 0 Å². The molecule has 0 spiro atoms. The number of rotatable bonds is 7. The van der Waals surface area contributed by atoms with Crippen molar-refractivity contribution in [3.63, 3.8) is 0 Å². The molecule has 12 heavy (non-hydrogen) atoms. The van der Waals surface area contributed by atoms with Gasteiger partial charge >= 0.3 is 0 Å². The largest absolute Gasteiger partial charge is 0.395 e. The summed E-state index contributed by atoms with van der Waals surface area (Å²) in [4.78, 5) is 0. The molecule has 0 aromatic heterocycles. The Balaban J connectivity index is 3.31. The van der Waals surface area contributed by atoms with Gasteiger partial charge in [0.2, 0.25) is 0 Å². The van der Waals surface area contributed by atoms with Crippen molar-refractivity contribution < 1.29 is 14.9 Å². The third kappa shape index (κ3) is 6.54. The Hall–Kier alpha value is -0.160. The van der Waals surface area contributed by atoms with Crippen LogP contribution in [0.3, 0.4) is 0 Å². The number of hydrogen-bond donors (Lipinski definition) is 3.